The Morgan fingerprint density at radius 3 is 2.78 bits per heavy atom. The van der Waals surface area contributed by atoms with E-state index in [4.69, 9.17) is 0 Å². The minimum Gasteiger partial charge on any atom is -0.355 e. The highest BCUT2D eigenvalue weighted by atomic mass is 16.2. The van der Waals surface area contributed by atoms with Crippen LogP contribution in [0.15, 0.2) is 18.2 Å². The summed E-state index contributed by atoms with van der Waals surface area (Å²) in [6, 6.07) is 6.37. The number of hydrogen-bond acceptors (Lipinski definition) is 2. The average Bonchev–Trinajstić information content (AvgIpc) is 2.32. The number of carbonyl (C=O) groups excluding carboxylic acids is 1. The molecule has 1 amide bonds. The van der Waals surface area contributed by atoms with Gasteiger partial charge in [0.1, 0.15) is 0 Å². The smallest absolute Gasteiger partial charge is 0.239 e. The van der Waals surface area contributed by atoms with Crippen LogP contribution in [0.1, 0.15) is 31.9 Å². The third-order valence-electron chi connectivity index (χ3n) is 3.72. The molecule has 0 atom stereocenters. The molecule has 0 saturated carbocycles. The summed E-state index contributed by atoms with van der Waals surface area (Å²) in [5.74, 6) is 0.111. The lowest BCUT2D eigenvalue weighted by Crippen LogP contribution is -2.61. The Balaban J connectivity index is 2.49. The van der Waals surface area contributed by atoms with Gasteiger partial charge < -0.3 is 10.2 Å². The number of aryl methyl sites for hydroxylation is 2. The number of hydrogen-bond donors (Lipinski definition) is 1. The summed E-state index contributed by atoms with van der Waals surface area (Å²) in [6.45, 7) is 9.79. The molecule has 18 heavy (non-hydrogen) atoms. The molecule has 1 fully saturated rings. The molecule has 0 bridgehead atoms. The van der Waals surface area contributed by atoms with Gasteiger partial charge in [-0.25, -0.2) is 0 Å². The maximum absolute atomic E-state index is 11.7. The summed E-state index contributed by atoms with van der Waals surface area (Å²) < 4.78 is 0. The quantitative estimate of drug-likeness (QED) is 0.868. The Bertz CT molecular complexity index is 466. The van der Waals surface area contributed by atoms with Crippen LogP contribution in [0.3, 0.4) is 0 Å². The third-order valence-corrected chi connectivity index (χ3v) is 3.72. The number of rotatable bonds is 2. The van der Waals surface area contributed by atoms with E-state index in [0.717, 1.165) is 6.42 Å². The van der Waals surface area contributed by atoms with E-state index in [1.807, 2.05) is 0 Å². The van der Waals surface area contributed by atoms with Gasteiger partial charge in [-0.2, -0.15) is 0 Å². The highest BCUT2D eigenvalue weighted by molar-refractivity contribution is 5.84. The molecule has 98 valence electrons. The molecule has 1 aromatic carbocycles. The SMILES string of the molecule is CCc1cccc(C)c1N1CC(=O)NCC1(C)C. The Hall–Kier alpha value is -1.51. The minimum absolute atomic E-state index is 0.0378. The van der Waals surface area contributed by atoms with Crippen molar-refractivity contribution in [3.05, 3.63) is 29.3 Å². The second-order valence-corrected chi connectivity index (χ2v) is 5.61. The molecule has 0 spiro atoms. The van der Waals surface area contributed by atoms with Crippen LogP contribution in [0.25, 0.3) is 0 Å². The molecule has 1 N–H and O–H groups in total. The predicted octanol–water partition coefficient (Wildman–Crippen LogP) is 2.27. The minimum atomic E-state index is -0.0378. The molecule has 0 radical (unpaired) electrons. The highest BCUT2D eigenvalue weighted by Crippen LogP contribution is 2.32. The van der Waals surface area contributed by atoms with Gasteiger partial charge in [-0.1, -0.05) is 25.1 Å². The lowest BCUT2D eigenvalue weighted by atomic mass is 9.95. The first kappa shape index (κ1) is 12.9. The lowest BCUT2D eigenvalue weighted by Gasteiger charge is -2.45. The second-order valence-electron chi connectivity index (χ2n) is 5.61. The van der Waals surface area contributed by atoms with Gasteiger partial charge in [0.15, 0.2) is 0 Å². The molecule has 0 aromatic heterocycles. The van der Waals surface area contributed by atoms with Crippen molar-refractivity contribution in [2.24, 2.45) is 0 Å². The monoisotopic (exact) mass is 246 g/mol. The van der Waals surface area contributed by atoms with Crippen molar-refractivity contribution in [3.8, 4) is 0 Å². The van der Waals surface area contributed by atoms with E-state index < -0.39 is 0 Å². The zero-order valence-electron chi connectivity index (χ0n) is 11.7. The van der Waals surface area contributed by atoms with E-state index in [9.17, 15) is 4.79 Å². The van der Waals surface area contributed by atoms with Gasteiger partial charge in [-0.3, -0.25) is 4.79 Å². The van der Waals surface area contributed by atoms with Crippen LogP contribution in [0.2, 0.25) is 0 Å². The molecule has 1 aliphatic heterocycles. The first-order valence-electron chi connectivity index (χ1n) is 6.58. The normalized spacial score (nSPS) is 18.7. The Labute approximate surface area is 109 Å². The molecule has 1 heterocycles. The average molecular weight is 246 g/mol. The summed E-state index contributed by atoms with van der Waals surface area (Å²) in [4.78, 5) is 13.9. The van der Waals surface area contributed by atoms with Crippen molar-refractivity contribution < 1.29 is 4.79 Å². The topological polar surface area (TPSA) is 32.3 Å². The first-order valence-corrected chi connectivity index (χ1v) is 6.58. The van der Waals surface area contributed by atoms with E-state index in [1.54, 1.807) is 0 Å². The third kappa shape index (κ3) is 2.22. The molecule has 0 aliphatic carbocycles. The lowest BCUT2D eigenvalue weighted by molar-refractivity contribution is -0.121. The highest BCUT2D eigenvalue weighted by Gasteiger charge is 2.34. The van der Waals surface area contributed by atoms with Gasteiger partial charge in [0, 0.05) is 12.2 Å². The van der Waals surface area contributed by atoms with E-state index in [0.29, 0.717) is 13.1 Å². The second kappa shape index (κ2) is 4.63. The van der Waals surface area contributed by atoms with Gasteiger partial charge in [0.25, 0.3) is 0 Å². The van der Waals surface area contributed by atoms with Crippen molar-refractivity contribution >= 4 is 11.6 Å². The number of nitrogens with zero attached hydrogens (tertiary/aromatic N) is 1. The maximum Gasteiger partial charge on any atom is 0.239 e. The molecular weight excluding hydrogens is 224 g/mol. The van der Waals surface area contributed by atoms with Crippen LogP contribution in [0.5, 0.6) is 0 Å². The van der Waals surface area contributed by atoms with E-state index in [1.165, 1.54) is 16.8 Å². The fraction of sp³-hybridized carbons (Fsp3) is 0.533. The molecule has 3 nitrogen and oxygen atoms in total. The van der Waals surface area contributed by atoms with Crippen LogP contribution < -0.4 is 10.2 Å². The predicted molar refractivity (Wildman–Crippen MR) is 75.0 cm³/mol. The maximum atomic E-state index is 11.7. The van der Waals surface area contributed by atoms with Crippen LogP contribution in [-0.4, -0.2) is 24.5 Å². The summed E-state index contributed by atoms with van der Waals surface area (Å²) in [5.41, 5.74) is 3.76. The van der Waals surface area contributed by atoms with Gasteiger partial charge in [-0.05, 0) is 38.3 Å². The molecular formula is C15H22N2O. The Morgan fingerprint density at radius 2 is 2.11 bits per heavy atom. The van der Waals surface area contributed by atoms with Gasteiger partial charge in [0.2, 0.25) is 5.91 Å². The van der Waals surface area contributed by atoms with Crippen LogP contribution in [-0.2, 0) is 11.2 Å². The standard InChI is InChI=1S/C15H22N2O/c1-5-12-8-6-7-11(2)14(12)17-9-13(18)16-10-15(17,3)4/h6-8H,5,9-10H2,1-4H3,(H,16,18). The number of carbonyl (C=O) groups is 1. The molecule has 3 heteroatoms. The summed E-state index contributed by atoms with van der Waals surface area (Å²) in [5, 5.41) is 2.95. The van der Waals surface area contributed by atoms with Crippen LogP contribution in [0.4, 0.5) is 5.69 Å². The van der Waals surface area contributed by atoms with E-state index in [2.05, 4.69) is 56.1 Å². The molecule has 1 saturated heterocycles. The fourth-order valence-corrected chi connectivity index (χ4v) is 2.60. The van der Waals surface area contributed by atoms with Gasteiger partial charge in [0.05, 0.1) is 12.1 Å². The van der Waals surface area contributed by atoms with Crippen LogP contribution >= 0.6 is 0 Å². The molecule has 2 rings (SSSR count). The van der Waals surface area contributed by atoms with E-state index >= 15 is 0 Å². The van der Waals surface area contributed by atoms with Crippen molar-refractivity contribution in [3.63, 3.8) is 0 Å². The number of benzene rings is 1. The number of amides is 1. The molecule has 1 aromatic rings. The van der Waals surface area contributed by atoms with Gasteiger partial charge >= 0.3 is 0 Å². The van der Waals surface area contributed by atoms with Crippen molar-refractivity contribution in [1.29, 1.82) is 0 Å². The Morgan fingerprint density at radius 1 is 1.39 bits per heavy atom. The largest absolute Gasteiger partial charge is 0.355 e. The number of nitrogens with one attached hydrogen (secondary N) is 1. The molecule has 1 aliphatic rings. The molecule has 0 unspecified atom stereocenters. The zero-order chi connectivity index (χ0) is 13.3. The Kier molecular flexibility index (Phi) is 3.33. The zero-order valence-corrected chi connectivity index (χ0v) is 11.7. The fourth-order valence-electron chi connectivity index (χ4n) is 2.60. The van der Waals surface area contributed by atoms with Crippen molar-refractivity contribution in [1.82, 2.24) is 5.32 Å². The number of anilines is 1. The number of piperazine rings is 1. The summed E-state index contributed by atoms with van der Waals surface area (Å²) in [6.07, 6.45) is 0.991. The number of para-hydroxylation sites is 1. The van der Waals surface area contributed by atoms with Crippen LogP contribution in [0, 0.1) is 6.92 Å². The van der Waals surface area contributed by atoms with Crippen molar-refractivity contribution in [2.45, 2.75) is 39.7 Å². The van der Waals surface area contributed by atoms with Crippen molar-refractivity contribution in [2.75, 3.05) is 18.0 Å². The summed E-state index contributed by atoms with van der Waals surface area (Å²) >= 11 is 0. The van der Waals surface area contributed by atoms with E-state index in [-0.39, 0.29) is 11.4 Å². The summed E-state index contributed by atoms with van der Waals surface area (Å²) in [7, 11) is 0. The van der Waals surface area contributed by atoms with Gasteiger partial charge in [-0.15, -0.1) is 0 Å². The first-order chi connectivity index (χ1) is 8.45.